The largest absolute Gasteiger partial charge is 0.319 e. The van der Waals surface area contributed by atoms with Gasteiger partial charge in [0.2, 0.25) is 0 Å². The molecule has 0 radical (unpaired) electrons. The molecule has 0 spiro atoms. The molecule has 0 aromatic carbocycles. The Bertz CT molecular complexity index is 116. The minimum Gasteiger partial charge on any atom is -0.319 e. The molecule has 11 heavy (non-hydrogen) atoms. The predicted octanol–water partition coefficient (Wildman–Crippen LogP) is 2.44. The van der Waals surface area contributed by atoms with E-state index in [9.17, 15) is 0 Å². The highest BCUT2D eigenvalue weighted by Gasteiger charge is 2.11. The highest BCUT2D eigenvalue weighted by atomic mass is 14.8. The first kappa shape index (κ1) is 10.7. The van der Waals surface area contributed by atoms with E-state index < -0.39 is 0 Å². The summed E-state index contributed by atoms with van der Waals surface area (Å²) in [6, 6.07) is 0. The third-order valence-electron chi connectivity index (χ3n) is 2.21. The van der Waals surface area contributed by atoms with Crippen molar-refractivity contribution in [3.8, 4) is 0 Å². The first-order valence-corrected chi connectivity index (χ1v) is 4.46. The van der Waals surface area contributed by atoms with Crippen LogP contribution in [0.3, 0.4) is 0 Å². The lowest BCUT2D eigenvalue weighted by Gasteiger charge is -2.20. The molecule has 0 bridgehead atoms. The zero-order valence-electron chi connectivity index (χ0n) is 8.28. The van der Waals surface area contributed by atoms with Gasteiger partial charge in [-0.15, -0.1) is 0 Å². The van der Waals surface area contributed by atoms with Gasteiger partial charge in [0.25, 0.3) is 0 Å². The third kappa shape index (κ3) is 3.57. The molecule has 1 nitrogen and oxygen atoms in total. The highest BCUT2D eigenvalue weighted by molar-refractivity contribution is 5.03. The Morgan fingerprint density at radius 2 is 2.00 bits per heavy atom. The van der Waals surface area contributed by atoms with Gasteiger partial charge in [-0.2, -0.15) is 0 Å². The van der Waals surface area contributed by atoms with Gasteiger partial charge < -0.3 is 5.32 Å². The highest BCUT2D eigenvalue weighted by Crippen LogP contribution is 2.19. The van der Waals surface area contributed by atoms with Crippen molar-refractivity contribution in [1.29, 1.82) is 0 Å². The summed E-state index contributed by atoms with van der Waals surface area (Å²) in [7, 11) is 2.00. The van der Waals surface area contributed by atoms with Crippen molar-refractivity contribution < 1.29 is 0 Å². The van der Waals surface area contributed by atoms with Gasteiger partial charge in [0.15, 0.2) is 0 Å². The average molecular weight is 155 g/mol. The van der Waals surface area contributed by atoms with Crippen molar-refractivity contribution in [2.45, 2.75) is 27.2 Å². The Balaban J connectivity index is 3.92. The van der Waals surface area contributed by atoms with Crippen molar-refractivity contribution in [3.63, 3.8) is 0 Å². The summed E-state index contributed by atoms with van der Waals surface area (Å²) < 4.78 is 0. The normalized spacial score (nSPS) is 13.5. The summed E-state index contributed by atoms with van der Waals surface area (Å²) in [6.07, 6.45) is 1.19. The Morgan fingerprint density at radius 3 is 2.27 bits per heavy atom. The van der Waals surface area contributed by atoms with Crippen LogP contribution in [0, 0.1) is 11.8 Å². The van der Waals surface area contributed by atoms with E-state index in [1.807, 2.05) is 7.05 Å². The van der Waals surface area contributed by atoms with E-state index in [2.05, 4.69) is 32.7 Å². The lowest BCUT2D eigenvalue weighted by molar-refractivity contribution is 0.504. The monoisotopic (exact) mass is 155 g/mol. The van der Waals surface area contributed by atoms with E-state index in [1.165, 1.54) is 12.0 Å². The van der Waals surface area contributed by atoms with Gasteiger partial charge in [-0.25, -0.2) is 0 Å². The molecule has 0 aromatic rings. The van der Waals surface area contributed by atoms with Gasteiger partial charge in [-0.3, -0.25) is 0 Å². The molecule has 1 heteroatoms. The van der Waals surface area contributed by atoms with E-state index in [4.69, 9.17) is 0 Å². The van der Waals surface area contributed by atoms with Crippen LogP contribution < -0.4 is 5.32 Å². The van der Waals surface area contributed by atoms with Crippen LogP contribution in [0.4, 0.5) is 0 Å². The Morgan fingerprint density at radius 1 is 1.45 bits per heavy atom. The molecule has 1 unspecified atom stereocenters. The zero-order chi connectivity index (χ0) is 8.85. The maximum Gasteiger partial charge on any atom is 0.00137 e. The average Bonchev–Trinajstić information content (AvgIpc) is 1.98. The van der Waals surface area contributed by atoms with E-state index in [1.54, 1.807) is 0 Å². The lowest BCUT2D eigenvalue weighted by atomic mass is 9.89. The molecule has 0 aliphatic heterocycles. The molecule has 66 valence electrons. The molecule has 0 saturated carbocycles. The smallest absolute Gasteiger partial charge is 0.00137 e. The Hall–Kier alpha value is -0.300. The van der Waals surface area contributed by atoms with Crippen LogP contribution in [-0.2, 0) is 0 Å². The van der Waals surface area contributed by atoms with Crippen molar-refractivity contribution in [2.75, 3.05) is 13.6 Å². The second-order valence-electron chi connectivity index (χ2n) is 3.39. The zero-order valence-corrected chi connectivity index (χ0v) is 8.28. The molecule has 0 aromatic heterocycles. The number of hydrogen-bond acceptors (Lipinski definition) is 1. The summed E-state index contributed by atoms with van der Waals surface area (Å²) in [5.74, 6) is 1.27. The van der Waals surface area contributed by atoms with Crippen LogP contribution >= 0.6 is 0 Å². The van der Waals surface area contributed by atoms with Gasteiger partial charge in [0, 0.05) is 6.54 Å². The maximum absolute atomic E-state index is 4.10. The molecule has 0 aliphatic carbocycles. The summed E-state index contributed by atoms with van der Waals surface area (Å²) in [5.41, 5.74) is 1.38. The van der Waals surface area contributed by atoms with E-state index in [0.29, 0.717) is 11.8 Å². The van der Waals surface area contributed by atoms with E-state index in [-0.39, 0.29) is 0 Å². The fourth-order valence-corrected chi connectivity index (χ4v) is 1.26. The molecule has 0 saturated heterocycles. The quantitative estimate of drug-likeness (QED) is 0.601. The van der Waals surface area contributed by atoms with E-state index in [0.717, 1.165) is 6.54 Å². The summed E-state index contributed by atoms with van der Waals surface area (Å²) >= 11 is 0. The maximum atomic E-state index is 4.10. The van der Waals surface area contributed by atoms with E-state index >= 15 is 0 Å². The molecule has 0 heterocycles. The van der Waals surface area contributed by atoms with Crippen molar-refractivity contribution >= 4 is 0 Å². The number of hydrogen-bond donors (Lipinski definition) is 1. The number of rotatable bonds is 5. The molecule has 0 aliphatic rings. The second kappa shape index (κ2) is 5.36. The third-order valence-corrected chi connectivity index (χ3v) is 2.21. The standard InChI is InChI=1S/C10H21N/c1-6-10(7-11-5)9(4)8(2)3/h8,10-11H,4,6-7H2,1-3,5H3. The summed E-state index contributed by atoms with van der Waals surface area (Å²) in [6.45, 7) is 11.8. The van der Waals surface area contributed by atoms with Gasteiger partial charge in [-0.05, 0) is 25.3 Å². The minimum absolute atomic E-state index is 0.619. The first-order chi connectivity index (χ1) is 5.13. The van der Waals surface area contributed by atoms with Gasteiger partial charge in [-0.1, -0.05) is 32.9 Å². The molecule has 1 atom stereocenters. The van der Waals surface area contributed by atoms with Crippen LogP contribution in [0.2, 0.25) is 0 Å². The molecule has 0 fully saturated rings. The van der Waals surface area contributed by atoms with Crippen LogP contribution in [-0.4, -0.2) is 13.6 Å². The SMILES string of the molecule is C=C(C(C)C)C(CC)CNC. The fourth-order valence-electron chi connectivity index (χ4n) is 1.26. The molecule has 0 rings (SSSR count). The van der Waals surface area contributed by atoms with Crippen molar-refractivity contribution in [3.05, 3.63) is 12.2 Å². The van der Waals surface area contributed by atoms with Crippen molar-refractivity contribution in [1.82, 2.24) is 5.32 Å². The topological polar surface area (TPSA) is 12.0 Å². The number of nitrogens with one attached hydrogen (secondary N) is 1. The Labute approximate surface area is 70.9 Å². The predicted molar refractivity (Wildman–Crippen MR) is 51.7 cm³/mol. The molecule has 0 amide bonds. The lowest BCUT2D eigenvalue weighted by Crippen LogP contribution is -2.21. The fraction of sp³-hybridized carbons (Fsp3) is 0.800. The van der Waals surface area contributed by atoms with Gasteiger partial charge in [0.1, 0.15) is 0 Å². The second-order valence-corrected chi connectivity index (χ2v) is 3.39. The van der Waals surface area contributed by atoms with Gasteiger partial charge in [0.05, 0.1) is 0 Å². The first-order valence-electron chi connectivity index (χ1n) is 4.46. The van der Waals surface area contributed by atoms with Crippen LogP contribution in [0.5, 0.6) is 0 Å². The van der Waals surface area contributed by atoms with Crippen molar-refractivity contribution in [2.24, 2.45) is 11.8 Å². The summed E-state index contributed by atoms with van der Waals surface area (Å²) in [5, 5.41) is 3.19. The van der Waals surface area contributed by atoms with Gasteiger partial charge >= 0.3 is 0 Å². The van der Waals surface area contributed by atoms with Crippen LogP contribution in [0.15, 0.2) is 12.2 Å². The van der Waals surface area contributed by atoms with Crippen LogP contribution in [0.25, 0.3) is 0 Å². The Kier molecular flexibility index (Phi) is 5.22. The molecule has 1 N–H and O–H groups in total. The molecular weight excluding hydrogens is 134 g/mol. The minimum atomic E-state index is 0.619. The summed E-state index contributed by atoms with van der Waals surface area (Å²) in [4.78, 5) is 0. The molecular formula is C10H21N. The van der Waals surface area contributed by atoms with Crippen LogP contribution in [0.1, 0.15) is 27.2 Å².